The highest BCUT2D eigenvalue weighted by Crippen LogP contribution is 2.22. The van der Waals surface area contributed by atoms with E-state index >= 15 is 0 Å². The van der Waals surface area contributed by atoms with Crippen LogP contribution in [0.3, 0.4) is 0 Å². The van der Waals surface area contributed by atoms with Crippen molar-refractivity contribution >= 4 is 0 Å². The van der Waals surface area contributed by atoms with Crippen molar-refractivity contribution < 1.29 is 9.47 Å². The van der Waals surface area contributed by atoms with Crippen LogP contribution in [0.4, 0.5) is 0 Å². The molecule has 0 bridgehead atoms. The van der Waals surface area contributed by atoms with Crippen LogP contribution in [0.2, 0.25) is 0 Å². The predicted molar refractivity (Wildman–Crippen MR) is 68.7 cm³/mol. The zero-order valence-corrected chi connectivity index (χ0v) is 10.6. The summed E-state index contributed by atoms with van der Waals surface area (Å²) in [6.45, 7) is 3.24. The molecule has 1 heterocycles. The predicted octanol–water partition coefficient (Wildman–Crippen LogP) is 2.60. The number of benzene rings is 1. The van der Waals surface area contributed by atoms with Gasteiger partial charge in [0.2, 0.25) is 0 Å². The molecule has 0 saturated carbocycles. The molecule has 1 fully saturated rings. The third-order valence-electron chi connectivity index (χ3n) is 3.28. The highest BCUT2D eigenvalue weighted by atomic mass is 16.5. The second-order valence-electron chi connectivity index (χ2n) is 4.56. The Morgan fingerprint density at radius 2 is 2.12 bits per heavy atom. The van der Waals surface area contributed by atoms with E-state index in [9.17, 15) is 0 Å². The summed E-state index contributed by atoms with van der Waals surface area (Å²) in [5, 5.41) is 3.51. The molecule has 17 heavy (non-hydrogen) atoms. The molecular formula is C14H21NO2. The highest BCUT2D eigenvalue weighted by molar-refractivity contribution is 5.33. The van der Waals surface area contributed by atoms with Gasteiger partial charge in [0.25, 0.3) is 0 Å². The van der Waals surface area contributed by atoms with Gasteiger partial charge in [-0.05, 0) is 38.4 Å². The Morgan fingerprint density at radius 1 is 1.29 bits per heavy atom. The van der Waals surface area contributed by atoms with E-state index in [1.165, 1.54) is 19.3 Å². The van der Waals surface area contributed by atoms with Gasteiger partial charge in [0.15, 0.2) is 0 Å². The Bertz CT molecular complexity index is 348. The van der Waals surface area contributed by atoms with Crippen molar-refractivity contribution in [2.24, 2.45) is 0 Å². The summed E-state index contributed by atoms with van der Waals surface area (Å²) in [4.78, 5) is 0. The Hall–Kier alpha value is -1.22. The van der Waals surface area contributed by atoms with Gasteiger partial charge >= 0.3 is 0 Å². The lowest BCUT2D eigenvalue weighted by Gasteiger charge is -2.29. The molecule has 0 spiro atoms. The maximum atomic E-state index is 5.95. The van der Waals surface area contributed by atoms with Crippen LogP contribution in [0.1, 0.15) is 26.2 Å². The molecule has 2 rings (SSSR count). The van der Waals surface area contributed by atoms with E-state index in [1.807, 2.05) is 24.3 Å². The summed E-state index contributed by atoms with van der Waals surface area (Å²) in [6.07, 6.45) is 3.97. The standard InChI is InChI=1S/C14H21NO2/c1-11(14-8-3-4-9-15-14)17-13-7-5-6-12(10-13)16-2/h5-7,10-11,14-15H,3-4,8-9H2,1-2H3. The molecule has 0 radical (unpaired) electrons. The average Bonchev–Trinajstić information content (AvgIpc) is 2.40. The number of hydrogen-bond donors (Lipinski definition) is 1. The van der Waals surface area contributed by atoms with Crippen LogP contribution >= 0.6 is 0 Å². The van der Waals surface area contributed by atoms with Crippen molar-refractivity contribution in [3.8, 4) is 11.5 Å². The minimum atomic E-state index is 0.197. The minimum absolute atomic E-state index is 0.197. The maximum absolute atomic E-state index is 5.95. The molecule has 1 N–H and O–H groups in total. The Labute approximate surface area is 103 Å². The van der Waals surface area contributed by atoms with Gasteiger partial charge in [-0.25, -0.2) is 0 Å². The Kier molecular flexibility index (Phi) is 4.26. The first kappa shape index (κ1) is 12.2. The van der Waals surface area contributed by atoms with Crippen molar-refractivity contribution in [1.82, 2.24) is 5.32 Å². The molecule has 1 aliphatic rings. The smallest absolute Gasteiger partial charge is 0.123 e. The third kappa shape index (κ3) is 3.37. The van der Waals surface area contributed by atoms with Gasteiger partial charge in [0.05, 0.1) is 7.11 Å². The van der Waals surface area contributed by atoms with Gasteiger partial charge in [-0.2, -0.15) is 0 Å². The fraction of sp³-hybridized carbons (Fsp3) is 0.571. The monoisotopic (exact) mass is 235 g/mol. The summed E-state index contributed by atoms with van der Waals surface area (Å²) < 4.78 is 11.1. The van der Waals surface area contributed by atoms with Crippen LogP contribution in [0.5, 0.6) is 11.5 Å². The minimum Gasteiger partial charge on any atom is -0.497 e. The van der Waals surface area contributed by atoms with Crippen molar-refractivity contribution in [3.63, 3.8) is 0 Å². The molecule has 94 valence electrons. The molecule has 1 saturated heterocycles. The number of methoxy groups -OCH3 is 1. The first-order chi connectivity index (χ1) is 8.29. The van der Waals surface area contributed by atoms with Crippen molar-refractivity contribution in [2.45, 2.75) is 38.3 Å². The fourth-order valence-electron chi connectivity index (χ4n) is 2.25. The van der Waals surface area contributed by atoms with Crippen molar-refractivity contribution in [2.75, 3.05) is 13.7 Å². The molecule has 0 aliphatic carbocycles. The Morgan fingerprint density at radius 3 is 2.82 bits per heavy atom. The molecule has 1 aromatic rings. The van der Waals surface area contributed by atoms with E-state index in [4.69, 9.17) is 9.47 Å². The van der Waals surface area contributed by atoms with Crippen molar-refractivity contribution in [3.05, 3.63) is 24.3 Å². The van der Waals surface area contributed by atoms with Gasteiger partial charge in [0, 0.05) is 12.1 Å². The van der Waals surface area contributed by atoms with Gasteiger partial charge < -0.3 is 14.8 Å². The molecule has 2 atom stereocenters. The summed E-state index contributed by atoms with van der Waals surface area (Å²) in [6, 6.07) is 8.25. The van der Waals surface area contributed by atoms with Crippen LogP contribution in [0.15, 0.2) is 24.3 Å². The number of rotatable bonds is 4. The van der Waals surface area contributed by atoms with E-state index in [2.05, 4.69) is 12.2 Å². The largest absolute Gasteiger partial charge is 0.497 e. The Balaban J connectivity index is 1.94. The molecule has 0 aromatic heterocycles. The highest BCUT2D eigenvalue weighted by Gasteiger charge is 2.20. The zero-order chi connectivity index (χ0) is 12.1. The average molecular weight is 235 g/mol. The molecule has 2 unspecified atom stereocenters. The first-order valence-electron chi connectivity index (χ1n) is 6.33. The lowest BCUT2D eigenvalue weighted by molar-refractivity contribution is 0.152. The van der Waals surface area contributed by atoms with E-state index in [0.717, 1.165) is 18.0 Å². The maximum Gasteiger partial charge on any atom is 0.123 e. The quantitative estimate of drug-likeness (QED) is 0.870. The van der Waals surface area contributed by atoms with E-state index in [-0.39, 0.29) is 6.10 Å². The SMILES string of the molecule is COc1cccc(OC(C)C2CCCCN2)c1. The van der Waals surface area contributed by atoms with Gasteiger partial charge in [-0.1, -0.05) is 12.5 Å². The lowest BCUT2D eigenvalue weighted by Crippen LogP contribution is -2.44. The number of ether oxygens (including phenoxy) is 2. The molecular weight excluding hydrogens is 214 g/mol. The van der Waals surface area contributed by atoms with Crippen LogP contribution in [0.25, 0.3) is 0 Å². The number of hydrogen-bond acceptors (Lipinski definition) is 3. The fourth-order valence-corrected chi connectivity index (χ4v) is 2.25. The number of nitrogens with one attached hydrogen (secondary N) is 1. The van der Waals surface area contributed by atoms with Gasteiger partial charge in [-0.15, -0.1) is 0 Å². The second-order valence-corrected chi connectivity index (χ2v) is 4.56. The van der Waals surface area contributed by atoms with E-state index < -0.39 is 0 Å². The van der Waals surface area contributed by atoms with Crippen molar-refractivity contribution in [1.29, 1.82) is 0 Å². The van der Waals surface area contributed by atoms with E-state index in [0.29, 0.717) is 6.04 Å². The summed E-state index contributed by atoms with van der Waals surface area (Å²) in [7, 11) is 1.67. The summed E-state index contributed by atoms with van der Waals surface area (Å²) in [5.74, 6) is 1.72. The van der Waals surface area contributed by atoms with Crippen LogP contribution in [-0.4, -0.2) is 25.8 Å². The van der Waals surface area contributed by atoms with Gasteiger partial charge in [0.1, 0.15) is 17.6 Å². The summed E-state index contributed by atoms with van der Waals surface area (Å²) in [5.41, 5.74) is 0. The van der Waals surface area contributed by atoms with Crippen LogP contribution < -0.4 is 14.8 Å². The van der Waals surface area contributed by atoms with Gasteiger partial charge in [-0.3, -0.25) is 0 Å². The topological polar surface area (TPSA) is 30.5 Å². The lowest BCUT2D eigenvalue weighted by atomic mass is 10.0. The van der Waals surface area contributed by atoms with E-state index in [1.54, 1.807) is 7.11 Å². The summed E-state index contributed by atoms with van der Waals surface area (Å²) >= 11 is 0. The normalized spacial score (nSPS) is 21.9. The number of piperidine rings is 1. The second kappa shape index (κ2) is 5.92. The van der Waals surface area contributed by atoms with Crippen LogP contribution in [0, 0.1) is 0 Å². The third-order valence-corrected chi connectivity index (χ3v) is 3.28. The molecule has 0 amide bonds. The molecule has 1 aromatic carbocycles. The molecule has 3 nitrogen and oxygen atoms in total. The van der Waals surface area contributed by atoms with Crippen LogP contribution in [-0.2, 0) is 0 Å². The zero-order valence-electron chi connectivity index (χ0n) is 10.6. The molecule has 3 heteroatoms. The first-order valence-corrected chi connectivity index (χ1v) is 6.33. The molecule has 1 aliphatic heterocycles.